The van der Waals surface area contributed by atoms with E-state index in [0.29, 0.717) is 7.05 Å². The second-order valence-electron chi connectivity index (χ2n) is 3.12. The third-order valence-corrected chi connectivity index (χ3v) is 4.51. The minimum Gasteiger partial charge on any atom is -0.218 e. The van der Waals surface area contributed by atoms with Crippen LogP contribution in [0.4, 0.5) is 13.2 Å². The summed E-state index contributed by atoms with van der Waals surface area (Å²) in [5, 5.41) is 0.251. The van der Waals surface area contributed by atoms with Crippen molar-refractivity contribution in [3.63, 3.8) is 0 Å². The van der Waals surface area contributed by atoms with Gasteiger partial charge in [-0.25, -0.2) is 12.6 Å². The van der Waals surface area contributed by atoms with E-state index in [0.717, 1.165) is 12.1 Å². The first-order valence-corrected chi connectivity index (χ1v) is 7.36. The zero-order valence-corrected chi connectivity index (χ0v) is 11.6. The number of sulfonamides is 1. The van der Waals surface area contributed by atoms with Crippen molar-refractivity contribution in [2.24, 2.45) is 0 Å². The van der Waals surface area contributed by atoms with Crippen LogP contribution in [0.3, 0.4) is 0 Å². The lowest BCUT2D eigenvalue weighted by molar-refractivity contribution is -0.0597. The quantitative estimate of drug-likeness (QED) is 0.789. The molecule has 0 aliphatic heterocycles. The van der Waals surface area contributed by atoms with Crippen molar-refractivity contribution in [2.45, 2.75) is 10.4 Å². The van der Waals surface area contributed by atoms with Gasteiger partial charge < -0.3 is 0 Å². The monoisotopic (exact) mass is 337 g/mol. The third kappa shape index (κ3) is 4.14. The highest BCUT2D eigenvalue weighted by molar-refractivity contribution is 7.89. The zero-order chi connectivity index (χ0) is 14.8. The van der Waals surface area contributed by atoms with E-state index in [9.17, 15) is 25.8 Å². The van der Waals surface area contributed by atoms with Gasteiger partial charge in [0.2, 0.25) is 0 Å². The van der Waals surface area contributed by atoms with E-state index in [2.05, 4.69) is 4.28 Å². The summed E-state index contributed by atoms with van der Waals surface area (Å²) in [5.41, 5.74) is -5.18. The second kappa shape index (κ2) is 5.75. The molecule has 1 unspecified atom stereocenters. The van der Waals surface area contributed by atoms with E-state index in [1.54, 1.807) is 0 Å². The molecule has 0 heterocycles. The van der Waals surface area contributed by atoms with Crippen LogP contribution in [0.1, 0.15) is 0 Å². The van der Waals surface area contributed by atoms with Crippen LogP contribution in [0, 0.1) is 0 Å². The van der Waals surface area contributed by atoms with Crippen LogP contribution < -0.4 is 0 Å². The van der Waals surface area contributed by atoms with Crippen LogP contribution in [-0.4, -0.2) is 29.7 Å². The summed E-state index contributed by atoms with van der Waals surface area (Å²) >= 11 is 1.78. The second-order valence-corrected chi connectivity index (χ2v) is 6.58. The summed E-state index contributed by atoms with van der Waals surface area (Å²) < 4.78 is 73.8. The normalized spacial score (nSPS) is 14.6. The fourth-order valence-electron chi connectivity index (χ4n) is 0.933. The SMILES string of the molecule is CN(OS(=O)C(F)(F)F)S(=O)(=O)c1ccc(Cl)cc1. The molecule has 0 fully saturated rings. The fourth-order valence-corrected chi connectivity index (χ4v) is 2.60. The predicted molar refractivity (Wildman–Crippen MR) is 61.7 cm³/mol. The standard InChI is InChI=1S/C8H7ClF3NO4S2/c1-13(17-18(14)8(10,11)12)19(15,16)7-4-2-6(9)3-5-7/h2-5H,1H3. The summed E-state index contributed by atoms with van der Waals surface area (Å²) in [6.07, 6.45) is 0. The van der Waals surface area contributed by atoms with E-state index in [1.165, 1.54) is 12.1 Å². The van der Waals surface area contributed by atoms with Crippen molar-refractivity contribution in [1.82, 2.24) is 4.47 Å². The number of hydrogen-bond donors (Lipinski definition) is 0. The first-order valence-electron chi connectivity index (χ1n) is 4.46. The molecule has 5 nitrogen and oxygen atoms in total. The highest BCUT2D eigenvalue weighted by Crippen LogP contribution is 2.24. The fraction of sp³-hybridized carbons (Fsp3) is 0.250. The maximum Gasteiger partial charge on any atom is 0.498 e. The molecule has 0 aromatic heterocycles. The van der Waals surface area contributed by atoms with Crippen molar-refractivity contribution >= 4 is 32.7 Å². The van der Waals surface area contributed by atoms with Gasteiger partial charge in [-0.05, 0) is 24.3 Å². The van der Waals surface area contributed by atoms with Crippen LogP contribution in [0.15, 0.2) is 29.2 Å². The smallest absolute Gasteiger partial charge is 0.218 e. The average Bonchev–Trinajstić information content (AvgIpc) is 2.28. The van der Waals surface area contributed by atoms with E-state index < -0.39 is 26.6 Å². The zero-order valence-electron chi connectivity index (χ0n) is 9.22. The van der Waals surface area contributed by atoms with Gasteiger partial charge in [0.25, 0.3) is 21.1 Å². The summed E-state index contributed by atoms with van der Waals surface area (Å²) in [7, 11) is -3.65. The lowest BCUT2D eigenvalue weighted by atomic mass is 10.4. The van der Waals surface area contributed by atoms with Gasteiger partial charge in [0.05, 0.1) is 4.90 Å². The Balaban J connectivity index is 2.95. The van der Waals surface area contributed by atoms with Gasteiger partial charge in [-0.3, -0.25) is 0 Å². The van der Waals surface area contributed by atoms with Gasteiger partial charge in [-0.15, -0.1) is 0 Å². The predicted octanol–water partition coefficient (Wildman–Crippen LogP) is 2.08. The van der Waals surface area contributed by atoms with Gasteiger partial charge in [-0.1, -0.05) is 16.1 Å². The van der Waals surface area contributed by atoms with E-state index in [4.69, 9.17) is 11.6 Å². The van der Waals surface area contributed by atoms with Crippen LogP contribution in [0.25, 0.3) is 0 Å². The molecule has 11 heteroatoms. The molecule has 108 valence electrons. The number of benzene rings is 1. The summed E-state index contributed by atoms with van der Waals surface area (Å²) in [4.78, 5) is -0.349. The molecule has 1 rings (SSSR count). The summed E-state index contributed by atoms with van der Waals surface area (Å²) in [6.45, 7) is 0. The van der Waals surface area contributed by atoms with Crippen molar-refractivity contribution in [3.05, 3.63) is 29.3 Å². The largest absolute Gasteiger partial charge is 0.498 e. The molecule has 1 aromatic rings. The van der Waals surface area contributed by atoms with E-state index in [-0.39, 0.29) is 14.4 Å². The topological polar surface area (TPSA) is 63.7 Å². The molecule has 0 spiro atoms. The molecule has 0 bridgehead atoms. The molecule has 0 aliphatic rings. The molecule has 1 aromatic carbocycles. The molecule has 0 aliphatic carbocycles. The Kier molecular flexibility index (Phi) is 4.96. The number of nitrogens with zero attached hydrogens (tertiary/aromatic N) is 1. The van der Waals surface area contributed by atoms with Gasteiger partial charge in [0, 0.05) is 12.1 Å². The Hall–Kier alpha value is -0.680. The lowest BCUT2D eigenvalue weighted by Gasteiger charge is -2.16. The van der Waals surface area contributed by atoms with Crippen molar-refractivity contribution < 1.29 is 30.1 Å². The molecule has 0 N–H and O–H groups in total. The average molecular weight is 338 g/mol. The number of halogens is 4. The number of hydrogen-bond acceptors (Lipinski definition) is 4. The Morgan fingerprint density at radius 2 is 1.74 bits per heavy atom. The first kappa shape index (κ1) is 16.4. The highest BCUT2D eigenvalue weighted by atomic mass is 35.5. The summed E-state index contributed by atoms with van der Waals surface area (Å²) in [6, 6.07) is 4.63. The maximum atomic E-state index is 12.0. The van der Waals surface area contributed by atoms with E-state index in [1.807, 2.05) is 0 Å². The molecule has 0 saturated carbocycles. The maximum absolute atomic E-state index is 12.0. The molecule has 19 heavy (non-hydrogen) atoms. The van der Waals surface area contributed by atoms with Gasteiger partial charge in [0.1, 0.15) is 0 Å². The van der Waals surface area contributed by atoms with Crippen LogP contribution in [0.2, 0.25) is 5.02 Å². The number of alkyl halides is 3. The molecule has 0 radical (unpaired) electrons. The molecule has 0 saturated heterocycles. The minimum atomic E-state index is -5.18. The first-order chi connectivity index (χ1) is 8.55. The lowest BCUT2D eigenvalue weighted by Crippen LogP contribution is -2.32. The Labute approximate surface area is 114 Å². The Bertz CT molecular complexity index is 573. The molecular weight excluding hydrogens is 331 g/mol. The van der Waals surface area contributed by atoms with Crippen molar-refractivity contribution in [1.29, 1.82) is 0 Å². The van der Waals surface area contributed by atoms with Crippen molar-refractivity contribution in [3.8, 4) is 0 Å². The van der Waals surface area contributed by atoms with Gasteiger partial charge in [-0.2, -0.15) is 17.5 Å². The number of hydroxylamine groups is 1. The van der Waals surface area contributed by atoms with Gasteiger partial charge in [0.15, 0.2) is 0 Å². The molecule has 1 atom stereocenters. The Morgan fingerprint density at radius 3 is 2.16 bits per heavy atom. The van der Waals surface area contributed by atoms with Crippen LogP contribution >= 0.6 is 11.6 Å². The molecular formula is C8H7ClF3NO4S2. The summed E-state index contributed by atoms with van der Waals surface area (Å²) in [5.74, 6) is 0. The van der Waals surface area contributed by atoms with Crippen LogP contribution in [0.5, 0.6) is 0 Å². The van der Waals surface area contributed by atoms with Crippen molar-refractivity contribution in [2.75, 3.05) is 7.05 Å². The molecule has 0 amide bonds. The third-order valence-electron chi connectivity index (χ3n) is 1.81. The van der Waals surface area contributed by atoms with Gasteiger partial charge >= 0.3 is 5.51 Å². The number of rotatable bonds is 4. The Morgan fingerprint density at radius 1 is 1.26 bits per heavy atom. The highest BCUT2D eigenvalue weighted by Gasteiger charge is 2.41. The van der Waals surface area contributed by atoms with Crippen LogP contribution in [-0.2, 0) is 25.4 Å². The minimum absolute atomic E-state index is 0.111. The van der Waals surface area contributed by atoms with E-state index >= 15 is 0 Å².